The van der Waals surface area contributed by atoms with Gasteiger partial charge in [-0.05, 0) is 38.5 Å². The lowest BCUT2D eigenvalue weighted by atomic mass is 10.2. The second-order valence-electron chi connectivity index (χ2n) is 5.35. The number of nitrogens with one attached hydrogen (secondary N) is 2. The fourth-order valence-electron chi connectivity index (χ4n) is 1.80. The molecule has 0 unspecified atom stereocenters. The first-order valence-electron chi connectivity index (χ1n) is 6.91. The molecule has 0 spiro atoms. The highest BCUT2D eigenvalue weighted by Gasteiger charge is 2.33. The lowest BCUT2D eigenvalue weighted by Crippen LogP contribution is -2.17. The van der Waals surface area contributed by atoms with Gasteiger partial charge in [0, 0.05) is 17.8 Å². The van der Waals surface area contributed by atoms with Gasteiger partial charge in [0.15, 0.2) is 5.69 Å². The normalized spacial score (nSPS) is 11.7. The van der Waals surface area contributed by atoms with Crippen molar-refractivity contribution in [3.05, 3.63) is 41.3 Å². The van der Waals surface area contributed by atoms with E-state index in [1.807, 2.05) is 0 Å². The molecule has 0 amide bonds. The first-order chi connectivity index (χ1) is 10.6. The predicted octanol–water partition coefficient (Wildman–Crippen LogP) is 4.51. The number of halogens is 4. The highest BCUT2D eigenvalue weighted by Crippen LogP contribution is 2.30. The van der Waals surface area contributed by atoms with Gasteiger partial charge in [0.2, 0.25) is 5.95 Å². The van der Waals surface area contributed by atoms with Crippen molar-refractivity contribution in [3.63, 3.8) is 0 Å². The molecule has 1 aromatic carbocycles. The summed E-state index contributed by atoms with van der Waals surface area (Å²) >= 11 is 0. The highest BCUT2D eigenvalue weighted by molar-refractivity contribution is 5.58. The Morgan fingerprint density at radius 3 is 2.35 bits per heavy atom. The number of aromatic nitrogens is 2. The van der Waals surface area contributed by atoms with Crippen molar-refractivity contribution in [1.82, 2.24) is 9.97 Å². The first-order valence-corrected chi connectivity index (χ1v) is 6.91. The predicted molar refractivity (Wildman–Crippen MR) is 80.2 cm³/mol. The van der Waals surface area contributed by atoms with E-state index in [4.69, 9.17) is 0 Å². The van der Waals surface area contributed by atoms with Crippen LogP contribution in [0.3, 0.4) is 0 Å². The number of alkyl halides is 3. The molecule has 2 N–H and O–H groups in total. The third-order valence-electron chi connectivity index (χ3n) is 2.88. The highest BCUT2D eigenvalue weighted by atomic mass is 19.4. The van der Waals surface area contributed by atoms with E-state index in [-0.39, 0.29) is 17.8 Å². The summed E-state index contributed by atoms with van der Waals surface area (Å²) in [5, 5.41) is 5.39. The molecule has 8 heteroatoms. The van der Waals surface area contributed by atoms with Crippen LogP contribution in [0.5, 0.6) is 0 Å². The Hall–Kier alpha value is -2.38. The van der Waals surface area contributed by atoms with E-state index in [1.54, 1.807) is 26.8 Å². The monoisotopic (exact) mass is 328 g/mol. The zero-order valence-electron chi connectivity index (χ0n) is 12.8. The van der Waals surface area contributed by atoms with Crippen molar-refractivity contribution >= 4 is 17.5 Å². The van der Waals surface area contributed by atoms with Crippen LogP contribution in [0.2, 0.25) is 0 Å². The van der Waals surface area contributed by atoms with Crippen LogP contribution in [0.25, 0.3) is 0 Å². The molecule has 0 saturated heterocycles. The molecule has 0 saturated carbocycles. The van der Waals surface area contributed by atoms with Crippen molar-refractivity contribution in [3.8, 4) is 0 Å². The molecule has 124 valence electrons. The average Bonchev–Trinajstić information content (AvgIpc) is 2.41. The summed E-state index contributed by atoms with van der Waals surface area (Å²) in [6.45, 7) is 5.11. The number of nitrogens with zero attached hydrogens (tertiary/aromatic N) is 2. The fourth-order valence-corrected chi connectivity index (χ4v) is 1.80. The topological polar surface area (TPSA) is 49.8 Å². The summed E-state index contributed by atoms with van der Waals surface area (Å²) in [4.78, 5) is 7.44. The van der Waals surface area contributed by atoms with Gasteiger partial charge < -0.3 is 10.6 Å². The van der Waals surface area contributed by atoms with Crippen LogP contribution >= 0.6 is 0 Å². The Morgan fingerprint density at radius 1 is 1.09 bits per heavy atom. The minimum atomic E-state index is -4.61. The minimum absolute atomic E-state index is 0.0706. The van der Waals surface area contributed by atoms with Crippen molar-refractivity contribution in [2.24, 2.45) is 0 Å². The Labute approximate surface area is 131 Å². The van der Waals surface area contributed by atoms with Crippen LogP contribution in [0.4, 0.5) is 35.0 Å². The van der Waals surface area contributed by atoms with Gasteiger partial charge in [0.1, 0.15) is 11.6 Å². The molecule has 2 rings (SSSR count). The maximum atomic E-state index is 13.5. The second-order valence-corrected chi connectivity index (χ2v) is 5.35. The van der Waals surface area contributed by atoms with Crippen molar-refractivity contribution in [1.29, 1.82) is 0 Å². The summed E-state index contributed by atoms with van der Waals surface area (Å²) in [6.07, 6.45) is -4.61. The van der Waals surface area contributed by atoms with Crippen LogP contribution in [0, 0.1) is 12.7 Å². The molecule has 4 nitrogen and oxygen atoms in total. The third-order valence-corrected chi connectivity index (χ3v) is 2.88. The van der Waals surface area contributed by atoms with Crippen LogP contribution in [0.15, 0.2) is 24.3 Å². The molecule has 1 heterocycles. The van der Waals surface area contributed by atoms with Crippen LogP contribution in [-0.2, 0) is 6.18 Å². The molecule has 0 radical (unpaired) electrons. The second kappa shape index (κ2) is 6.39. The molecular weight excluding hydrogens is 312 g/mol. The molecule has 0 bridgehead atoms. The maximum absolute atomic E-state index is 13.5. The van der Waals surface area contributed by atoms with Crippen molar-refractivity contribution < 1.29 is 17.6 Å². The smallest absolute Gasteiger partial charge is 0.352 e. The van der Waals surface area contributed by atoms with Gasteiger partial charge in [-0.15, -0.1) is 0 Å². The molecule has 0 atom stereocenters. The van der Waals surface area contributed by atoms with Gasteiger partial charge in [0.05, 0.1) is 0 Å². The number of hydrogen-bond acceptors (Lipinski definition) is 4. The minimum Gasteiger partial charge on any atom is -0.352 e. The van der Waals surface area contributed by atoms with Crippen LogP contribution in [0.1, 0.15) is 25.1 Å². The van der Waals surface area contributed by atoms with E-state index in [2.05, 4.69) is 20.6 Å². The summed E-state index contributed by atoms with van der Waals surface area (Å²) in [5.41, 5.74) is -0.336. The molecule has 0 aliphatic carbocycles. The Morgan fingerprint density at radius 2 is 1.78 bits per heavy atom. The summed E-state index contributed by atoms with van der Waals surface area (Å²) < 4.78 is 52.3. The number of rotatable bonds is 4. The summed E-state index contributed by atoms with van der Waals surface area (Å²) in [5.74, 6) is -0.677. The van der Waals surface area contributed by atoms with Crippen LogP contribution in [-0.4, -0.2) is 16.0 Å². The van der Waals surface area contributed by atoms with E-state index < -0.39 is 17.7 Å². The molecule has 23 heavy (non-hydrogen) atoms. The number of aryl methyl sites for hydroxylation is 1. The fraction of sp³-hybridized carbons (Fsp3) is 0.333. The number of benzene rings is 1. The standard InChI is InChI=1S/C15H16F4N4/c1-8(2)20-14-22-12(15(17,18)19)7-13(23-14)21-10-5-4-9(3)11(16)6-10/h4-8H,1-3H3,(H2,20,21,22,23). The summed E-state index contributed by atoms with van der Waals surface area (Å²) in [6, 6.07) is 4.92. The quantitative estimate of drug-likeness (QED) is 0.811. The van der Waals surface area contributed by atoms with Gasteiger partial charge in [-0.1, -0.05) is 6.07 Å². The van der Waals surface area contributed by atoms with Gasteiger partial charge >= 0.3 is 6.18 Å². The number of anilines is 3. The summed E-state index contributed by atoms with van der Waals surface area (Å²) in [7, 11) is 0. The Kier molecular flexibility index (Phi) is 4.72. The van der Waals surface area contributed by atoms with E-state index in [1.165, 1.54) is 12.1 Å². The van der Waals surface area contributed by atoms with Gasteiger partial charge in [0.25, 0.3) is 0 Å². The molecule has 0 aliphatic rings. The zero-order chi connectivity index (χ0) is 17.2. The molecule has 1 aromatic heterocycles. The van der Waals surface area contributed by atoms with E-state index in [0.717, 1.165) is 6.07 Å². The lowest BCUT2D eigenvalue weighted by molar-refractivity contribution is -0.141. The largest absolute Gasteiger partial charge is 0.433 e. The molecule has 2 aromatic rings. The average molecular weight is 328 g/mol. The van der Waals surface area contributed by atoms with Gasteiger partial charge in [-0.2, -0.15) is 18.2 Å². The zero-order valence-corrected chi connectivity index (χ0v) is 12.8. The SMILES string of the molecule is Cc1ccc(Nc2cc(C(F)(F)F)nc(NC(C)C)n2)cc1F. The maximum Gasteiger partial charge on any atom is 0.433 e. The van der Waals surface area contributed by atoms with Crippen molar-refractivity contribution in [2.75, 3.05) is 10.6 Å². The van der Waals surface area contributed by atoms with E-state index in [9.17, 15) is 17.6 Å². The molecule has 0 aliphatic heterocycles. The third kappa shape index (κ3) is 4.54. The first kappa shape index (κ1) is 17.0. The van der Waals surface area contributed by atoms with Crippen LogP contribution < -0.4 is 10.6 Å². The van der Waals surface area contributed by atoms with Gasteiger partial charge in [-0.25, -0.2) is 9.37 Å². The van der Waals surface area contributed by atoms with E-state index in [0.29, 0.717) is 11.3 Å². The van der Waals surface area contributed by atoms with Crippen molar-refractivity contribution in [2.45, 2.75) is 33.0 Å². The Balaban J connectivity index is 2.37. The van der Waals surface area contributed by atoms with E-state index >= 15 is 0 Å². The molecular formula is C15H16F4N4. The number of hydrogen-bond donors (Lipinski definition) is 2. The molecule has 0 fully saturated rings. The lowest BCUT2D eigenvalue weighted by Gasteiger charge is -2.14. The van der Waals surface area contributed by atoms with Gasteiger partial charge in [-0.3, -0.25) is 0 Å². The Bertz CT molecular complexity index is 698.